The highest BCUT2D eigenvalue weighted by molar-refractivity contribution is 6.15. The van der Waals surface area contributed by atoms with Crippen molar-refractivity contribution < 1.29 is 9.59 Å². The smallest absolute Gasteiger partial charge is 0.255 e. The molecule has 2 aliphatic heterocycles. The molecule has 2 aromatic rings. The molecule has 0 aromatic heterocycles. The average Bonchev–Trinajstić information content (AvgIpc) is 2.51. The third-order valence-electron chi connectivity index (χ3n) is 4.22. The van der Waals surface area contributed by atoms with E-state index < -0.39 is 6.04 Å². The zero-order valence-corrected chi connectivity index (χ0v) is 10.9. The van der Waals surface area contributed by atoms with Gasteiger partial charge in [0.15, 0.2) is 5.78 Å². The van der Waals surface area contributed by atoms with Crippen molar-refractivity contribution >= 4 is 11.7 Å². The van der Waals surface area contributed by atoms with Crippen molar-refractivity contribution in [3.8, 4) is 0 Å². The first-order chi connectivity index (χ1) is 9.77. The normalized spacial score (nSPS) is 20.2. The monoisotopic (exact) mass is 263 g/mol. The van der Waals surface area contributed by atoms with Crippen LogP contribution in [0, 0.1) is 0 Å². The highest BCUT2D eigenvalue weighted by Gasteiger charge is 2.41. The average molecular weight is 263 g/mol. The highest BCUT2D eigenvalue weighted by Crippen LogP contribution is 2.37. The lowest BCUT2D eigenvalue weighted by molar-refractivity contribution is 0.0559. The molecule has 1 unspecified atom stereocenters. The molecule has 3 nitrogen and oxygen atoms in total. The standard InChI is InChI=1S/C17H13NO2/c19-16-13-7-3-4-8-14(13)17(20)18-10-9-11-5-1-2-6-12(11)15(16)18/h1-8,15H,9-10H2. The van der Waals surface area contributed by atoms with Gasteiger partial charge in [-0.3, -0.25) is 9.59 Å². The third-order valence-corrected chi connectivity index (χ3v) is 4.22. The van der Waals surface area contributed by atoms with E-state index >= 15 is 0 Å². The molecule has 0 N–H and O–H groups in total. The minimum Gasteiger partial charge on any atom is -0.324 e. The summed E-state index contributed by atoms with van der Waals surface area (Å²) >= 11 is 0. The molecule has 0 saturated carbocycles. The van der Waals surface area contributed by atoms with Crippen molar-refractivity contribution in [2.45, 2.75) is 12.5 Å². The number of rotatable bonds is 0. The van der Waals surface area contributed by atoms with Crippen molar-refractivity contribution in [3.63, 3.8) is 0 Å². The number of nitrogens with zero attached hydrogens (tertiary/aromatic N) is 1. The van der Waals surface area contributed by atoms with Crippen molar-refractivity contribution in [2.75, 3.05) is 6.54 Å². The van der Waals surface area contributed by atoms with Crippen LogP contribution in [0.2, 0.25) is 0 Å². The van der Waals surface area contributed by atoms with E-state index in [1.54, 1.807) is 17.0 Å². The fourth-order valence-electron chi connectivity index (χ4n) is 3.25. The fourth-order valence-corrected chi connectivity index (χ4v) is 3.25. The molecule has 4 rings (SSSR count). The van der Waals surface area contributed by atoms with Gasteiger partial charge in [-0.25, -0.2) is 0 Å². The number of carbonyl (C=O) groups excluding carboxylic acids is 2. The molecular formula is C17H13NO2. The Morgan fingerprint density at radius 2 is 1.60 bits per heavy atom. The maximum absolute atomic E-state index is 12.8. The SMILES string of the molecule is O=C1c2ccccc2C(=O)N2CCc3ccccc3C12. The van der Waals surface area contributed by atoms with E-state index in [9.17, 15) is 9.59 Å². The number of fused-ring (bicyclic) bond motifs is 4. The Morgan fingerprint density at radius 1 is 0.900 bits per heavy atom. The second kappa shape index (κ2) is 4.04. The van der Waals surface area contributed by atoms with Crippen LogP contribution in [-0.2, 0) is 6.42 Å². The Hall–Kier alpha value is -2.42. The number of carbonyl (C=O) groups is 2. The molecule has 0 spiro atoms. The third kappa shape index (κ3) is 1.40. The quantitative estimate of drug-likeness (QED) is 0.732. The lowest BCUT2D eigenvalue weighted by Crippen LogP contribution is -2.47. The van der Waals surface area contributed by atoms with Crippen molar-refractivity contribution in [2.24, 2.45) is 0 Å². The molecule has 1 atom stereocenters. The molecular weight excluding hydrogens is 250 g/mol. The summed E-state index contributed by atoms with van der Waals surface area (Å²) in [5.41, 5.74) is 3.24. The molecule has 2 aromatic carbocycles. The molecule has 0 radical (unpaired) electrons. The first-order valence-electron chi connectivity index (χ1n) is 6.79. The van der Waals surface area contributed by atoms with E-state index in [0.717, 1.165) is 12.0 Å². The molecule has 0 bridgehead atoms. The summed E-state index contributed by atoms with van der Waals surface area (Å²) in [5, 5.41) is 0. The molecule has 1 amide bonds. The van der Waals surface area contributed by atoms with E-state index in [4.69, 9.17) is 0 Å². The predicted molar refractivity (Wildman–Crippen MR) is 74.7 cm³/mol. The molecule has 2 aliphatic rings. The first kappa shape index (κ1) is 11.4. The summed E-state index contributed by atoms with van der Waals surface area (Å²) in [7, 11) is 0. The van der Waals surface area contributed by atoms with Crippen LogP contribution >= 0.6 is 0 Å². The Kier molecular flexibility index (Phi) is 2.30. The van der Waals surface area contributed by atoms with Crippen LogP contribution in [-0.4, -0.2) is 23.1 Å². The second-order valence-corrected chi connectivity index (χ2v) is 5.26. The van der Waals surface area contributed by atoms with Gasteiger partial charge in [0.05, 0.1) is 5.56 Å². The minimum absolute atomic E-state index is 0.0281. The predicted octanol–water partition coefficient (Wildman–Crippen LogP) is 2.62. The van der Waals surface area contributed by atoms with Crippen molar-refractivity contribution in [1.82, 2.24) is 4.90 Å². The van der Waals surface area contributed by atoms with Gasteiger partial charge in [0.2, 0.25) is 0 Å². The van der Waals surface area contributed by atoms with Gasteiger partial charge in [0.1, 0.15) is 6.04 Å². The number of ketones is 1. The van der Waals surface area contributed by atoms with Crippen LogP contribution in [0.5, 0.6) is 0 Å². The zero-order valence-electron chi connectivity index (χ0n) is 10.9. The van der Waals surface area contributed by atoms with Gasteiger partial charge < -0.3 is 4.90 Å². The van der Waals surface area contributed by atoms with Crippen LogP contribution in [0.4, 0.5) is 0 Å². The van der Waals surface area contributed by atoms with Gasteiger partial charge >= 0.3 is 0 Å². The summed E-state index contributed by atoms with van der Waals surface area (Å²) in [6.07, 6.45) is 0.813. The summed E-state index contributed by atoms with van der Waals surface area (Å²) in [6.45, 7) is 0.612. The summed E-state index contributed by atoms with van der Waals surface area (Å²) in [6, 6.07) is 14.6. The van der Waals surface area contributed by atoms with Gasteiger partial charge in [-0.2, -0.15) is 0 Å². The highest BCUT2D eigenvalue weighted by atomic mass is 16.2. The topological polar surface area (TPSA) is 37.4 Å². The second-order valence-electron chi connectivity index (χ2n) is 5.26. The lowest BCUT2D eigenvalue weighted by atomic mass is 9.83. The molecule has 98 valence electrons. The number of hydrogen-bond donors (Lipinski definition) is 0. The van der Waals surface area contributed by atoms with Crippen molar-refractivity contribution in [1.29, 1.82) is 0 Å². The molecule has 0 aliphatic carbocycles. The first-order valence-corrected chi connectivity index (χ1v) is 6.79. The van der Waals surface area contributed by atoms with E-state index in [-0.39, 0.29) is 11.7 Å². The van der Waals surface area contributed by atoms with Crippen LogP contribution in [0.25, 0.3) is 0 Å². The van der Waals surface area contributed by atoms with Crippen LogP contribution in [0.3, 0.4) is 0 Å². The number of Topliss-reactive ketones (excluding diaryl/α,β-unsaturated/α-hetero) is 1. The van der Waals surface area contributed by atoms with E-state index in [1.165, 1.54) is 5.56 Å². The zero-order chi connectivity index (χ0) is 13.7. The molecule has 3 heteroatoms. The van der Waals surface area contributed by atoms with Crippen LogP contribution in [0.1, 0.15) is 37.9 Å². The molecule has 2 heterocycles. The fraction of sp³-hybridized carbons (Fsp3) is 0.176. The van der Waals surface area contributed by atoms with E-state index in [0.29, 0.717) is 17.7 Å². The van der Waals surface area contributed by atoms with Gasteiger partial charge in [-0.15, -0.1) is 0 Å². The Balaban J connectivity index is 1.94. The van der Waals surface area contributed by atoms with Crippen LogP contribution in [0.15, 0.2) is 48.5 Å². The van der Waals surface area contributed by atoms with Crippen LogP contribution < -0.4 is 0 Å². The van der Waals surface area contributed by atoms with Gasteiger partial charge in [-0.05, 0) is 23.6 Å². The van der Waals surface area contributed by atoms with Gasteiger partial charge in [-0.1, -0.05) is 42.5 Å². The van der Waals surface area contributed by atoms with E-state index in [1.807, 2.05) is 36.4 Å². The number of benzene rings is 2. The summed E-state index contributed by atoms with van der Waals surface area (Å²) < 4.78 is 0. The summed E-state index contributed by atoms with van der Waals surface area (Å²) in [5.74, 6) is 0.00653. The number of hydrogen-bond acceptors (Lipinski definition) is 2. The molecule has 0 saturated heterocycles. The maximum Gasteiger partial charge on any atom is 0.255 e. The van der Waals surface area contributed by atoms with Gasteiger partial charge in [0, 0.05) is 12.1 Å². The van der Waals surface area contributed by atoms with E-state index in [2.05, 4.69) is 0 Å². The minimum atomic E-state index is -0.442. The lowest BCUT2D eigenvalue weighted by Gasteiger charge is -2.39. The molecule has 0 fully saturated rings. The Morgan fingerprint density at radius 3 is 2.45 bits per heavy atom. The molecule has 20 heavy (non-hydrogen) atoms. The largest absolute Gasteiger partial charge is 0.324 e. The Labute approximate surface area is 116 Å². The Bertz CT molecular complexity index is 735. The van der Waals surface area contributed by atoms with Crippen molar-refractivity contribution in [3.05, 3.63) is 70.8 Å². The van der Waals surface area contributed by atoms with Gasteiger partial charge in [0.25, 0.3) is 5.91 Å². The summed E-state index contributed by atoms with van der Waals surface area (Å²) in [4.78, 5) is 27.1. The number of amides is 1. The maximum atomic E-state index is 12.8.